The van der Waals surface area contributed by atoms with Gasteiger partial charge >= 0.3 is 0 Å². The molecule has 0 saturated carbocycles. The van der Waals surface area contributed by atoms with Crippen LogP contribution < -0.4 is 10.6 Å². The Balaban J connectivity index is 1.34. The second-order valence-corrected chi connectivity index (χ2v) is 6.44. The van der Waals surface area contributed by atoms with Crippen molar-refractivity contribution in [1.29, 1.82) is 0 Å². The van der Waals surface area contributed by atoms with Gasteiger partial charge in [-0.05, 0) is 29.7 Å². The Morgan fingerprint density at radius 2 is 2.17 bits per heavy atom. The van der Waals surface area contributed by atoms with Crippen molar-refractivity contribution in [2.24, 2.45) is 0 Å². The Hall–Kier alpha value is -2.80. The van der Waals surface area contributed by atoms with Crippen LogP contribution >= 0.6 is 11.3 Å². The van der Waals surface area contributed by atoms with Crippen molar-refractivity contribution in [3.63, 3.8) is 0 Å². The van der Waals surface area contributed by atoms with E-state index in [1.54, 1.807) is 17.8 Å². The zero-order chi connectivity index (χ0) is 16.4. The zero-order valence-corrected chi connectivity index (χ0v) is 13.6. The number of carbonyl (C=O) groups is 1. The molecule has 1 aliphatic carbocycles. The number of aromatic nitrogens is 3. The second kappa shape index (κ2) is 6.37. The van der Waals surface area contributed by atoms with Crippen LogP contribution in [0.2, 0.25) is 0 Å². The molecule has 1 unspecified atom stereocenters. The van der Waals surface area contributed by atoms with Crippen molar-refractivity contribution in [3.05, 3.63) is 64.8 Å². The predicted octanol–water partition coefficient (Wildman–Crippen LogP) is 2.94. The third kappa shape index (κ3) is 2.98. The van der Waals surface area contributed by atoms with E-state index in [9.17, 15) is 4.79 Å². The Bertz CT molecular complexity index is 848. The molecule has 6 nitrogen and oxygen atoms in total. The fourth-order valence-electron chi connectivity index (χ4n) is 2.80. The third-order valence-corrected chi connectivity index (χ3v) is 4.70. The number of nitrogens with zero attached hydrogens (tertiary/aromatic N) is 3. The van der Waals surface area contributed by atoms with Crippen molar-refractivity contribution in [1.82, 2.24) is 15.2 Å². The van der Waals surface area contributed by atoms with Gasteiger partial charge in [0.15, 0.2) is 0 Å². The minimum absolute atomic E-state index is 0.237. The van der Waals surface area contributed by atoms with E-state index in [1.165, 1.54) is 22.5 Å². The molecule has 24 heavy (non-hydrogen) atoms. The summed E-state index contributed by atoms with van der Waals surface area (Å²) < 4.78 is 0. The molecular weight excluding hydrogens is 322 g/mol. The lowest BCUT2D eigenvalue weighted by Crippen LogP contribution is -2.24. The van der Waals surface area contributed by atoms with Gasteiger partial charge in [0.2, 0.25) is 5.13 Å². The first-order valence-corrected chi connectivity index (χ1v) is 8.53. The number of carbonyl (C=O) groups excluding carboxylic acids is 1. The molecule has 1 aromatic carbocycles. The number of fused-ring (bicyclic) bond motifs is 1. The Morgan fingerprint density at radius 3 is 2.92 bits per heavy atom. The van der Waals surface area contributed by atoms with Gasteiger partial charge in [0.05, 0.1) is 5.56 Å². The molecular formula is C17H15N5OS. The zero-order valence-electron chi connectivity index (χ0n) is 12.8. The number of hydrogen-bond acceptors (Lipinski definition) is 6. The van der Waals surface area contributed by atoms with Gasteiger partial charge in [-0.25, -0.2) is 4.98 Å². The molecule has 0 fully saturated rings. The number of nitrogens with one attached hydrogen (secondary N) is 2. The van der Waals surface area contributed by atoms with Crippen molar-refractivity contribution < 1.29 is 4.79 Å². The normalized spacial score (nSPS) is 15.2. The van der Waals surface area contributed by atoms with Crippen LogP contribution in [0.5, 0.6) is 0 Å². The Kier molecular flexibility index (Phi) is 3.92. The summed E-state index contributed by atoms with van der Waals surface area (Å²) in [4.78, 5) is 16.4. The summed E-state index contributed by atoms with van der Waals surface area (Å²) in [5.74, 6) is 1.06. The smallest absolute Gasteiger partial charge is 0.259 e. The molecule has 1 amide bonds. The second-order valence-electron chi connectivity index (χ2n) is 5.61. The van der Waals surface area contributed by atoms with Crippen molar-refractivity contribution in [2.75, 3.05) is 17.2 Å². The van der Waals surface area contributed by atoms with Crippen LogP contribution in [0, 0.1) is 0 Å². The van der Waals surface area contributed by atoms with E-state index >= 15 is 0 Å². The minimum Gasteiger partial charge on any atom is -0.369 e. The molecule has 0 aliphatic heterocycles. The lowest BCUT2D eigenvalue weighted by Gasteiger charge is -2.30. The molecule has 3 aromatic rings. The fraction of sp³-hybridized carbons (Fsp3) is 0.176. The van der Waals surface area contributed by atoms with Crippen LogP contribution in [0.3, 0.4) is 0 Å². The summed E-state index contributed by atoms with van der Waals surface area (Å²) in [7, 11) is 0. The van der Waals surface area contributed by atoms with E-state index in [0.717, 1.165) is 18.8 Å². The predicted molar refractivity (Wildman–Crippen MR) is 93.5 cm³/mol. The summed E-state index contributed by atoms with van der Waals surface area (Å²) in [6.45, 7) is 0.848. The van der Waals surface area contributed by atoms with Crippen molar-refractivity contribution >= 4 is 28.2 Å². The first-order valence-electron chi connectivity index (χ1n) is 7.65. The summed E-state index contributed by atoms with van der Waals surface area (Å²) >= 11 is 1.28. The SMILES string of the molecule is O=C(Nc1nncs1)c1ccc(NCC2Cc3ccccc32)nc1. The Morgan fingerprint density at radius 1 is 1.25 bits per heavy atom. The van der Waals surface area contributed by atoms with Crippen LogP contribution in [0.1, 0.15) is 27.4 Å². The molecule has 7 heteroatoms. The van der Waals surface area contributed by atoms with Gasteiger partial charge in [-0.15, -0.1) is 10.2 Å². The molecule has 2 heterocycles. The number of hydrogen-bond donors (Lipinski definition) is 2. The molecule has 4 rings (SSSR count). The molecule has 0 bridgehead atoms. The third-order valence-electron chi connectivity index (χ3n) is 4.10. The van der Waals surface area contributed by atoms with Crippen molar-refractivity contribution in [2.45, 2.75) is 12.3 Å². The van der Waals surface area contributed by atoms with Crippen LogP contribution in [-0.4, -0.2) is 27.6 Å². The van der Waals surface area contributed by atoms with E-state index in [2.05, 4.69) is 50.1 Å². The quantitative estimate of drug-likeness (QED) is 0.748. The molecule has 2 aromatic heterocycles. The molecule has 120 valence electrons. The fourth-order valence-corrected chi connectivity index (χ4v) is 3.24. The van der Waals surface area contributed by atoms with Gasteiger partial charge in [-0.3, -0.25) is 10.1 Å². The molecule has 0 spiro atoms. The lowest BCUT2D eigenvalue weighted by molar-refractivity contribution is 0.102. The number of anilines is 2. The maximum atomic E-state index is 12.0. The standard InChI is InChI=1S/C17H15N5OS/c23-16(21-17-22-20-10-24-17)12-5-6-15(18-8-12)19-9-13-7-11-3-1-2-4-14(11)13/h1-6,8,10,13H,7,9H2,(H,18,19)(H,21,22,23). The van der Waals surface area contributed by atoms with Crippen LogP contribution in [0.25, 0.3) is 0 Å². The van der Waals surface area contributed by atoms with Crippen molar-refractivity contribution in [3.8, 4) is 0 Å². The van der Waals surface area contributed by atoms with Crippen LogP contribution in [-0.2, 0) is 6.42 Å². The summed E-state index contributed by atoms with van der Waals surface area (Å²) in [5, 5.41) is 14.0. The van der Waals surface area contributed by atoms with E-state index < -0.39 is 0 Å². The highest BCUT2D eigenvalue weighted by Crippen LogP contribution is 2.34. The molecule has 1 aliphatic rings. The average Bonchev–Trinajstić information content (AvgIpc) is 3.09. The number of pyridine rings is 1. The monoisotopic (exact) mass is 337 g/mol. The largest absolute Gasteiger partial charge is 0.369 e. The van der Waals surface area contributed by atoms with Gasteiger partial charge in [0, 0.05) is 18.7 Å². The molecule has 0 saturated heterocycles. The van der Waals surface area contributed by atoms with Crippen LogP contribution in [0.15, 0.2) is 48.1 Å². The van der Waals surface area contributed by atoms with E-state index in [0.29, 0.717) is 16.6 Å². The van der Waals surface area contributed by atoms with Gasteiger partial charge < -0.3 is 5.32 Å². The van der Waals surface area contributed by atoms with E-state index in [4.69, 9.17) is 0 Å². The van der Waals surface area contributed by atoms with Crippen LogP contribution in [0.4, 0.5) is 10.9 Å². The highest BCUT2D eigenvalue weighted by Gasteiger charge is 2.24. The van der Waals surface area contributed by atoms with E-state index in [1.807, 2.05) is 6.07 Å². The highest BCUT2D eigenvalue weighted by atomic mass is 32.1. The van der Waals surface area contributed by atoms with Gasteiger partial charge in [0.25, 0.3) is 5.91 Å². The first-order chi connectivity index (χ1) is 11.8. The minimum atomic E-state index is -0.237. The highest BCUT2D eigenvalue weighted by molar-refractivity contribution is 7.13. The lowest BCUT2D eigenvalue weighted by atomic mass is 9.77. The summed E-state index contributed by atoms with van der Waals surface area (Å²) in [5.41, 5.74) is 4.91. The number of benzene rings is 1. The Labute approximate surface area is 143 Å². The molecule has 1 atom stereocenters. The number of rotatable bonds is 5. The van der Waals surface area contributed by atoms with Gasteiger partial charge in [0.1, 0.15) is 11.3 Å². The summed E-state index contributed by atoms with van der Waals surface area (Å²) in [6.07, 6.45) is 2.67. The maximum Gasteiger partial charge on any atom is 0.259 e. The maximum absolute atomic E-state index is 12.0. The average molecular weight is 337 g/mol. The summed E-state index contributed by atoms with van der Waals surface area (Å²) in [6, 6.07) is 12.1. The van der Waals surface area contributed by atoms with Gasteiger partial charge in [-0.1, -0.05) is 35.6 Å². The topological polar surface area (TPSA) is 79.8 Å². The molecule has 2 N–H and O–H groups in total. The first kappa shape index (κ1) is 14.8. The molecule has 0 radical (unpaired) electrons. The van der Waals surface area contributed by atoms with Gasteiger partial charge in [-0.2, -0.15) is 0 Å². The number of amides is 1. The van der Waals surface area contributed by atoms with E-state index in [-0.39, 0.29) is 5.91 Å².